The molecule has 7 heteroatoms. The third kappa shape index (κ3) is 3.19. The highest BCUT2D eigenvalue weighted by atomic mass is 32.1. The number of carbonyl (C=O) groups excluding carboxylic acids is 1. The molecule has 1 spiro atoms. The van der Waals surface area contributed by atoms with Crippen molar-refractivity contribution in [3.05, 3.63) is 47.5 Å². The topological polar surface area (TPSA) is 72.5 Å². The van der Waals surface area contributed by atoms with E-state index in [1.54, 1.807) is 11.3 Å². The first-order valence-corrected chi connectivity index (χ1v) is 9.92. The SMILES string of the molecule is O=C(NCc1nc2ccccc2s1)Nc1ccc2c(c1)OC1(CCCC1)O2. The first-order chi connectivity index (χ1) is 13.2. The van der Waals surface area contributed by atoms with Crippen LogP contribution in [0.1, 0.15) is 30.7 Å². The highest BCUT2D eigenvalue weighted by molar-refractivity contribution is 7.18. The molecule has 1 fully saturated rings. The van der Waals surface area contributed by atoms with E-state index in [4.69, 9.17) is 9.47 Å². The number of aromatic nitrogens is 1. The summed E-state index contributed by atoms with van der Waals surface area (Å²) in [5.41, 5.74) is 1.63. The maximum absolute atomic E-state index is 12.2. The number of nitrogens with zero attached hydrogens (tertiary/aromatic N) is 1. The van der Waals surface area contributed by atoms with E-state index in [9.17, 15) is 4.79 Å². The van der Waals surface area contributed by atoms with Crippen molar-refractivity contribution >= 4 is 33.3 Å². The number of hydrogen-bond donors (Lipinski definition) is 2. The van der Waals surface area contributed by atoms with E-state index in [1.807, 2.05) is 42.5 Å². The number of fused-ring (bicyclic) bond motifs is 2. The van der Waals surface area contributed by atoms with Crippen LogP contribution in [0.3, 0.4) is 0 Å². The molecular formula is C20H19N3O3S. The summed E-state index contributed by atoms with van der Waals surface area (Å²) in [5, 5.41) is 6.57. The van der Waals surface area contributed by atoms with Gasteiger partial charge >= 0.3 is 6.03 Å². The summed E-state index contributed by atoms with van der Waals surface area (Å²) in [4.78, 5) is 16.8. The van der Waals surface area contributed by atoms with Gasteiger partial charge in [-0.15, -0.1) is 11.3 Å². The fraction of sp³-hybridized carbons (Fsp3) is 0.300. The predicted octanol–water partition coefficient (Wildman–Crippen LogP) is 4.66. The third-order valence-electron chi connectivity index (χ3n) is 4.90. The van der Waals surface area contributed by atoms with Crippen molar-refractivity contribution in [2.45, 2.75) is 38.0 Å². The zero-order chi connectivity index (χ0) is 18.3. The number of nitrogens with one attached hydrogen (secondary N) is 2. The molecule has 1 aromatic heterocycles. The first kappa shape index (κ1) is 16.4. The number of rotatable bonds is 3. The van der Waals surface area contributed by atoms with Crippen molar-refractivity contribution in [3.63, 3.8) is 0 Å². The van der Waals surface area contributed by atoms with Crippen molar-refractivity contribution in [2.75, 3.05) is 5.32 Å². The molecule has 2 aromatic carbocycles. The molecule has 0 bridgehead atoms. The summed E-state index contributed by atoms with van der Waals surface area (Å²) in [6, 6.07) is 13.2. The maximum Gasteiger partial charge on any atom is 0.319 e. The van der Waals surface area contributed by atoms with Gasteiger partial charge < -0.3 is 20.1 Å². The van der Waals surface area contributed by atoms with E-state index in [2.05, 4.69) is 15.6 Å². The highest BCUT2D eigenvalue weighted by Gasteiger charge is 2.44. The molecule has 2 heterocycles. The molecule has 3 aromatic rings. The largest absolute Gasteiger partial charge is 0.448 e. The van der Waals surface area contributed by atoms with E-state index in [-0.39, 0.29) is 6.03 Å². The zero-order valence-corrected chi connectivity index (χ0v) is 15.5. The molecule has 138 valence electrons. The fourth-order valence-corrected chi connectivity index (χ4v) is 4.52. The summed E-state index contributed by atoms with van der Waals surface area (Å²) in [7, 11) is 0. The second-order valence-electron chi connectivity index (χ2n) is 6.87. The number of benzene rings is 2. The summed E-state index contributed by atoms with van der Waals surface area (Å²) in [5.74, 6) is 0.953. The molecule has 2 amide bonds. The Kier molecular flexibility index (Phi) is 3.89. The van der Waals surface area contributed by atoms with Crippen LogP contribution in [0.25, 0.3) is 10.2 Å². The average molecular weight is 381 g/mol. The zero-order valence-electron chi connectivity index (χ0n) is 14.7. The van der Waals surface area contributed by atoms with Crippen LogP contribution in [0.2, 0.25) is 0 Å². The van der Waals surface area contributed by atoms with E-state index in [1.165, 1.54) is 0 Å². The molecule has 0 saturated heterocycles. The standard InChI is InChI=1S/C20H19N3O3S/c24-19(21-12-18-23-14-5-1-2-6-17(14)27-18)22-13-7-8-15-16(11-13)26-20(25-15)9-3-4-10-20/h1-2,5-8,11H,3-4,9-10,12H2,(H2,21,22,24). The minimum atomic E-state index is -0.490. The van der Waals surface area contributed by atoms with Crippen LogP contribution in [0.15, 0.2) is 42.5 Å². The van der Waals surface area contributed by atoms with Gasteiger partial charge in [0.1, 0.15) is 5.01 Å². The van der Waals surface area contributed by atoms with Crippen LogP contribution in [-0.2, 0) is 6.54 Å². The lowest BCUT2D eigenvalue weighted by atomic mass is 10.2. The molecule has 1 aliphatic carbocycles. The molecule has 2 aliphatic rings. The summed E-state index contributed by atoms with van der Waals surface area (Å²) >= 11 is 1.58. The summed E-state index contributed by atoms with van der Waals surface area (Å²) in [6.45, 7) is 0.388. The number of para-hydroxylation sites is 1. The molecule has 5 rings (SSSR count). The first-order valence-electron chi connectivity index (χ1n) is 9.11. The van der Waals surface area contributed by atoms with Gasteiger partial charge in [-0.3, -0.25) is 0 Å². The quantitative estimate of drug-likeness (QED) is 0.692. The fourth-order valence-electron chi connectivity index (χ4n) is 3.62. The Hall–Kier alpha value is -2.80. The van der Waals surface area contributed by atoms with E-state index in [0.717, 1.165) is 46.7 Å². The summed E-state index contributed by atoms with van der Waals surface area (Å²) in [6.07, 6.45) is 4.06. The Bertz CT molecular complexity index is 978. The maximum atomic E-state index is 12.2. The number of hydrogen-bond acceptors (Lipinski definition) is 5. The van der Waals surface area contributed by atoms with Crippen LogP contribution in [-0.4, -0.2) is 16.8 Å². The van der Waals surface area contributed by atoms with Crippen LogP contribution in [0, 0.1) is 0 Å². The van der Waals surface area contributed by atoms with Crippen molar-refractivity contribution in [2.24, 2.45) is 0 Å². The normalized spacial score (nSPS) is 16.7. The van der Waals surface area contributed by atoms with Gasteiger partial charge in [0.15, 0.2) is 11.5 Å². The number of urea groups is 1. The molecule has 27 heavy (non-hydrogen) atoms. The van der Waals surface area contributed by atoms with Gasteiger partial charge in [0.25, 0.3) is 5.79 Å². The van der Waals surface area contributed by atoms with Gasteiger partial charge in [-0.25, -0.2) is 9.78 Å². The number of ether oxygens (including phenoxy) is 2. The monoisotopic (exact) mass is 381 g/mol. The van der Waals surface area contributed by atoms with E-state index >= 15 is 0 Å². The molecule has 2 N–H and O–H groups in total. The average Bonchev–Trinajstić information content (AvgIpc) is 3.37. The van der Waals surface area contributed by atoms with Crippen LogP contribution < -0.4 is 20.1 Å². The molecule has 1 aliphatic heterocycles. The van der Waals surface area contributed by atoms with Crippen molar-refractivity contribution < 1.29 is 14.3 Å². The van der Waals surface area contributed by atoms with Gasteiger partial charge in [-0.05, 0) is 37.1 Å². The molecule has 0 unspecified atom stereocenters. The van der Waals surface area contributed by atoms with E-state index < -0.39 is 5.79 Å². The lowest BCUT2D eigenvalue weighted by Crippen LogP contribution is -2.34. The number of amides is 2. The number of thiazole rings is 1. The third-order valence-corrected chi connectivity index (χ3v) is 5.93. The molecule has 6 nitrogen and oxygen atoms in total. The number of anilines is 1. The minimum absolute atomic E-state index is 0.274. The summed E-state index contributed by atoms with van der Waals surface area (Å²) < 4.78 is 13.1. The lowest BCUT2D eigenvalue weighted by Gasteiger charge is -2.21. The molecular weight excluding hydrogens is 362 g/mol. The Balaban J connectivity index is 1.21. The van der Waals surface area contributed by atoms with Crippen LogP contribution in [0.4, 0.5) is 10.5 Å². The highest BCUT2D eigenvalue weighted by Crippen LogP contribution is 2.47. The minimum Gasteiger partial charge on any atom is -0.448 e. The molecule has 0 radical (unpaired) electrons. The van der Waals surface area contributed by atoms with Gasteiger partial charge in [0.2, 0.25) is 0 Å². The predicted molar refractivity (Wildman–Crippen MR) is 104 cm³/mol. The second-order valence-corrected chi connectivity index (χ2v) is 7.98. The van der Waals surface area contributed by atoms with Crippen molar-refractivity contribution in [1.82, 2.24) is 10.3 Å². The van der Waals surface area contributed by atoms with Gasteiger partial charge in [-0.2, -0.15) is 0 Å². The molecule has 1 saturated carbocycles. The number of carbonyl (C=O) groups is 1. The Morgan fingerprint density at radius 2 is 1.93 bits per heavy atom. The van der Waals surface area contributed by atoms with Crippen LogP contribution in [0.5, 0.6) is 11.5 Å². The van der Waals surface area contributed by atoms with Crippen molar-refractivity contribution in [1.29, 1.82) is 0 Å². The smallest absolute Gasteiger partial charge is 0.319 e. The van der Waals surface area contributed by atoms with Gasteiger partial charge in [-0.1, -0.05) is 12.1 Å². The Labute approximate surface area is 160 Å². The van der Waals surface area contributed by atoms with Crippen molar-refractivity contribution in [3.8, 4) is 11.5 Å². The van der Waals surface area contributed by atoms with Gasteiger partial charge in [0, 0.05) is 24.6 Å². The van der Waals surface area contributed by atoms with Crippen LogP contribution >= 0.6 is 11.3 Å². The van der Waals surface area contributed by atoms with E-state index in [0.29, 0.717) is 18.0 Å². The lowest BCUT2D eigenvalue weighted by molar-refractivity contribution is -0.0716. The Morgan fingerprint density at radius 1 is 1.11 bits per heavy atom. The Morgan fingerprint density at radius 3 is 2.78 bits per heavy atom. The molecule has 0 atom stereocenters. The van der Waals surface area contributed by atoms with Gasteiger partial charge in [0.05, 0.1) is 16.8 Å². The second kappa shape index (κ2) is 6.42.